The molecule has 21 heavy (non-hydrogen) atoms. The first kappa shape index (κ1) is 20.0. The van der Waals surface area contributed by atoms with Gasteiger partial charge in [0.1, 0.15) is 5.78 Å². The molecule has 5 nitrogen and oxygen atoms in total. The highest BCUT2D eigenvalue weighted by atomic mass is 32.2. The van der Waals surface area contributed by atoms with Crippen molar-refractivity contribution < 1.29 is 14.4 Å². The van der Waals surface area contributed by atoms with E-state index in [-0.39, 0.29) is 30.6 Å². The van der Waals surface area contributed by atoms with Gasteiger partial charge in [-0.15, -0.1) is 0 Å². The highest BCUT2D eigenvalue weighted by Gasteiger charge is 2.14. The Morgan fingerprint density at radius 2 is 1.67 bits per heavy atom. The molecule has 1 unspecified atom stereocenters. The van der Waals surface area contributed by atoms with E-state index < -0.39 is 0 Å². The van der Waals surface area contributed by atoms with Gasteiger partial charge >= 0.3 is 0 Å². The van der Waals surface area contributed by atoms with E-state index in [1.165, 1.54) is 0 Å². The Kier molecular flexibility index (Phi) is 11.0. The van der Waals surface area contributed by atoms with Crippen LogP contribution in [0.1, 0.15) is 40.0 Å². The minimum atomic E-state index is -0.128. The maximum Gasteiger partial charge on any atom is 0.220 e. The fraction of sp³-hybridized carbons (Fsp3) is 0.800. The molecule has 0 saturated carbocycles. The number of carbonyl (C=O) groups is 3. The third-order valence-corrected chi connectivity index (χ3v) is 4.18. The largest absolute Gasteiger partial charge is 0.359 e. The van der Waals surface area contributed by atoms with Gasteiger partial charge in [0.25, 0.3) is 0 Å². The number of hydrogen-bond donors (Lipinski definition) is 2. The standard InChI is InChI=1S/C15H28N2O3S/c1-11(2)9-13(18)12(3)10-21-8-7-17-15(20)6-5-14(19)16-4/h11-12H,5-10H2,1-4H3,(H,16,19)(H,17,20). The van der Waals surface area contributed by atoms with Gasteiger partial charge in [-0.3, -0.25) is 14.4 Å². The van der Waals surface area contributed by atoms with Gasteiger partial charge in [-0.1, -0.05) is 20.8 Å². The van der Waals surface area contributed by atoms with Gasteiger partial charge < -0.3 is 10.6 Å². The molecule has 0 spiro atoms. The molecule has 0 aliphatic rings. The van der Waals surface area contributed by atoms with Crippen molar-refractivity contribution in [1.82, 2.24) is 10.6 Å². The Bertz CT molecular complexity index is 346. The van der Waals surface area contributed by atoms with Crippen LogP contribution in [0.2, 0.25) is 0 Å². The monoisotopic (exact) mass is 316 g/mol. The predicted octanol–water partition coefficient (Wildman–Crippen LogP) is 1.61. The SMILES string of the molecule is CNC(=O)CCC(=O)NCCSCC(C)C(=O)CC(C)C. The third-order valence-electron chi connectivity index (χ3n) is 2.95. The summed E-state index contributed by atoms with van der Waals surface area (Å²) < 4.78 is 0. The van der Waals surface area contributed by atoms with Crippen molar-refractivity contribution in [3.63, 3.8) is 0 Å². The van der Waals surface area contributed by atoms with Crippen LogP contribution in [-0.2, 0) is 14.4 Å². The van der Waals surface area contributed by atoms with Crippen molar-refractivity contribution in [3.8, 4) is 0 Å². The van der Waals surface area contributed by atoms with Gasteiger partial charge in [0.2, 0.25) is 11.8 Å². The molecule has 0 aromatic carbocycles. The van der Waals surface area contributed by atoms with Gasteiger partial charge in [0, 0.05) is 50.3 Å². The van der Waals surface area contributed by atoms with E-state index in [4.69, 9.17) is 0 Å². The smallest absolute Gasteiger partial charge is 0.220 e. The Morgan fingerprint density at radius 1 is 1.05 bits per heavy atom. The molecule has 0 radical (unpaired) electrons. The Hall–Kier alpha value is -1.04. The van der Waals surface area contributed by atoms with Crippen LogP contribution in [-0.4, -0.2) is 42.7 Å². The summed E-state index contributed by atoms with van der Waals surface area (Å²) in [6.45, 7) is 6.63. The molecule has 6 heteroatoms. The van der Waals surface area contributed by atoms with Crippen LogP contribution < -0.4 is 10.6 Å². The Morgan fingerprint density at radius 3 is 2.24 bits per heavy atom. The fourth-order valence-electron chi connectivity index (χ4n) is 1.66. The summed E-state index contributed by atoms with van der Waals surface area (Å²) in [7, 11) is 1.55. The quantitative estimate of drug-likeness (QED) is 0.568. The van der Waals surface area contributed by atoms with Crippen LogP contribution in [0.4, 0.5) is 0 Å². The van der Waals surface area contributed by atoms with Gasteiger partial charge in [-0.2, -0.15) is 11.8 Å². The summed E-state index contributed by atoms with van der Waals surface area (Å²) in [5, 5.41) is 5.25. The summed E-state index contributed by atoms with van der Waals surface area (Å²) in [6, 6.07) is 0. The molecule has 0 aliphatic heterocycles. The van der Waals surface area contributed by atoms with E-state index in [2.05, 4.69) is 10.6 Å². The lowest BCUT2D eigenvalue weighted by Gasteiger charge is -2.12. The third kappa shape index (κ3) is 11.3. The molecule has 0 saturated heterocycles. The highest BCUT2D eigenvalue weighted by Crippen LogP contribution is 2.13. The number of carbonyl (C=O) groups excluding carboxylic acids is 3. The van der Waals surface area contributed by atoms with Crippen LogP contribution in [0.3, 0.4) is 0 Å². The Balaban J connectivity index is 3.61. The lowest BCUT2D eigenvalue weighted by molar-refractivity contribution is -0.126. The summed E-state index contributed by atoms with van der Waals surface area (Å²) >= 11 is 1.67. The topological polar surface area (TPSA) is 75.3 Å². The number of amides is 2. The molecule has 2 N–H and O–H groups in total. The molecule has 1 atom stereocenters. The van der Waals surface area contributed by atoms with Crippen molar-refractivity contribution in [1.29, 1.82) is 0 Å². The van der Waals surface area contributed by atoms with Crippen molar-refractivity contribution >= 4 is 29.4 Å². The molecule has 0 heterocycles. The summed E-state index contributed by atoms with van der Waals surface area (Å²) in [5.74, 6) is 2.13. The molecular weight excluding hydrogens is 288 g/mol. The van der Waals surface area contributed by atoms with E-state index >= 15 is 0 Å². The van der Waals surface area contributed by atoms with Crippen LogP contribution in [0.5, 0.6) is 0 Å². The fourth-order valence-corrected chi connectivity index (χ4v) is 2.61. The van der Waals surface area contributed by atoms with E-state index in [0.29, 0.717) is 24.7 Å². The van der Waals surface area contributed by atoms with Crippen molar-refractivity contribution in [2.24, 2.45) is 11.8 Å². The number of hydrogen-bond acceptors (Lipinski definition) is 4. The minimum absolute atomic E-state index is 0.0707. The molecule has 0 aliphatic carbocycles. The first-order chi connectivity index (χ1) is 9.86. The second-order valence-electron chi connectivity index (χ2n) is 5.56. The van der Waals surface area contributed by atoms with Gasteiger partial charge in [0.05, 0.1) is 0 Å². The van der Waals surface area contributed by atoms with Crippen LogP contribution in [0.15, 0.2) is 0 Å². The first-order valence-corrected chi connectivity index (χ1v) is 8.60. The summed E-state index contributed by atoms with van der Waals surface area (Å²) in [6.07, 6.45) is 1.07. The number of Topliss-reactive ketones (excluding diaryl/α,β-unsaturated/α-hetero) is 1. The number of thioether (sulfide) groups is 1. The second kappa shape index (κ2) is 11.6. The van der Waals surface area contributed by atoms with Gasteiger partial charge in [0.15, 0.2) is 0 Å². The van der Waals surface area contributed by atoms with Gasteiger partial charge in [-0.05, 0) is 5.92 Å². The van der Waals surface area contributed by atoms with E-state index in [0.717, 1.165) is 11.5 Å². The number of ketones is 1. The zero-order valence-corrected chi connectivity index (χ0v) is 14.3. The van der Waals surface area contributed by atoms with Crippen molar-refractivity contribution in [3.05, 3.63) is 0 Å². The average Bonchev–Trinajstić information content (AvgIpc) is 2.43. The van der Waals surface area contributed by atoms with Crippen LogP contribution in [0.25, 0.3) is 0 Å². The highest BCUT2D eigenvalue weighted by molar-refractivity contribution is 7.99. The van der Waals surface area contributed by atoms with Crippen molar-refractivity contribution in [2.45, 2.75) is 40.0 Å². The molecule has 0 fully saturated rings. The zero-order chi connectivity index (χ0) is 16.3. The van der Waals surface area contributed by atoms with E-state index in [9.17, 15) is 14.4 Å². The molecule has 0 aromatic rings. The normalized spacial score (nSPS) is 12.0. The molecule has 122 valence electrons. The maximum atomic E-state index is 11.8. The maximum absolute atomic E-state index is 11.8. The second-order valence-corrected chi connectivity index (χ2v) is 6.71. The molecule has 0 bridgehead atoms. The van der Waals surface area contributed by atoms with Gasteiger partial charge in [-0.25, -0.2) is 0 Å². The number of rotatable bonds is 11. The molecule has 0 aromatic heterocycles. The van der Waals surface area contributed by atoms with E-state index in [1.807, 2.05) is 20.8 Å². The zero-order valence-electron chi connectivity index (χ0n) is 13.5. The first-order valence-electron chi connectivity index (χ1n) is 7.44. The molecule has 0 rings (SSSR count). The van der Waals surface area contributed by atoms with Crippen LogP contribution in [0, 0.1) is 11.8 Å². The van der Waals surface area contributed by atoms with E-state index in [1.54, 1.807) is 18.8 Å². The molecular formula is C15H28N2O3S. The summed E-state index contributed by atoms with van der Waals surface area (Å²) in [5.41, 5.74) is 0. The lowest BCUT2D eigenvalue weighted by Crippen LogP contribution is -2.28. The lowest BCUT2D eigenvalue weighted by atomic mass is 9.99. The van der Waals surface area contributed by atoms with Crippen molar-refractivity contribution in [2.75, 3.05) is 25.1 Å². The minimum Gasteiger partial charge on any atom is -0.359 e. The summed E-state index contributed by atoms with van der Waals surface area (Å²) in [4.78, 5) is 34.2. The Labute approximate surface area is 132 Å². The molecule has 2 amide bonds. The predicted molar refractivity (Wildman–Crippen MR) is 87.3 cm³/mol. The average molecular weight is 316 g/mol. The van der Waals surface area contributed by atoms with Crippen LogP contribution >= 0.6 is 11.8 Å². The number of nitrogens with one attached hydrogen (secondary N) is 2.